The van der Waals surface area contributed by atoms with Crippen molar-refractivity contribution in [2.75, 3.05) is 24.5 Å². The maximum atomic E-state index is 13.9. The van der Waals surface area contributed by atoms with Crippen molar-refractivity contribution in [1.82, 2.24) is 10.2 Å². The number of anilines is 1. The fraction of sp³-hybridized carbons (Fsp3) is 0.310. The van der Waals surface area contributed by atoms with Crippen LogP contribution < -0.4 is 14.4 Å². The Balaban J connectivity index is 1.99. The highest BCUT2D eigenvalue weighted by atomic mass is 35.5. The summed E-state index contributed by atoms with van der Waals surface area (Å²) in [7, 11) is -2.69. The van der Waals surface area contributed by atoms with E-state index in [9.17, 15) is 18.0 Å². The van der Waals surface area contributed by atoms with E-state index in [4.69, 9.17) is 27.9 Å². The Morgan fingerprint density at radius 1 is 1.00 bits per heavy atom. The number of unbranched alkanes of at least 4 members (excludes halogenated alkanes) is 1. The minimum Gasteiger partial charge on any atom is -0.497 e. The van der Waals surface area contributed by atoms with E-state index >= 15 is 0 Å². The molecule has 0 spiro atoms. The molecule has 11 heteroatoms. The second-order valence-corrected chi connectivity index (χ2v) is 11.8. The van der Waals surface area contributed by atoms with E-state index in [1.807, 2.05) is 6.92 Å². The topological polar surface area (TPSA) is 96.0 Å². The Morgan fingerprint density at radius 2 is 1.68 bits per heavy atom. The zero-order valence-corrected chi connectivity index (χ0v) is 25.0. The molecule has 0 radical (unpaired) electrons. The summed E-state index contributed by atoms with van der Waals surface area (Å²) < 4.78 is 33.8. The number of rotatable bonds is 13. The summed E-state index contributed by atoms with van der Waals surface area (Å²) in [5.74, 6) is -0.434. The Bertz CT molecular complexity index is 1400. The van der Waals surface area contributed by atoms with Crippen LogP contribution in [0.25, 0.3) is 0 Å². The second-order valence-electron chi connectivity index (χ2n) is 9.10. The number of hydrogen-bond acceptors (Lipinski definition) is 5. The molecule has 8 nitrogen and oxygen atoms in total. The normalized spacial score (nSPS) is 11.9. The van der Waals surface area contributed by atoms with E-state index in [0.717, 1.165) is 17.1 Å². The average molecular weight is 607 g/mol. The van der Waals surface area contributed by atoms with E-state index < -0.39 is 28.5 Å². The van der Waals surface area contributed by atoms with Crippen molar-refractivity contribution >= 4 is 50.7 Å². The van der Waals surface area contributed by atoms with Crippen LogP contribution in [0.4, 0.5) is 5.69 Å². The van der Waals surface area contributed by atoms with Crippen molar-refractivity contribution < 1.29 is 22.7 Å². The number of carbonyl (C=O) groups is 2. The third-order valence-corrected chi connectivity index (χ3v) is 8.70. The first-order valence-electron chi connectivity index (χ1n) is 12.8. The minimum atomic E-state index is -4.17. The maximum absolute atomic E-state index is 13.9. The van der Waals surface area contributed by atoms with Gasteiger partial charge in [0.15, 0.2) is 0 Å². The molecule has 0 heterocycles. The fourth-order valence-corrected chi connectivity index (χ4v) is 5.83. The van der Waals surface area contributed by atoms with Gasteiger partial charge < -0.3 is 15.0 Å². The number of amides is 2. The van der Waals surface area contributed by atoms with Gasteiger partial charge in [-0.15, -0.1) is 0 Å². The molecule has 2 amide bonds. The predicted octanol–water partition coefficient (Wildman–Crippen LogP) is 5.53. The van der Waals surface area contributed by atoms with Crippen molar-refractivity contribution in [3.63, 3.8) is 0 Å². The minimum absolute atomic E-state index is 0.0115. The molecule has 3 aromatic rings. The van der Waals surface area contributed by atoms with Gasteiger partial charge in [-0.05, 0) is 67.4 Å². The molecule has 0 aliphatic rings. The molecular weight excluding hydrogens is 573 g/mol. The number of para-hydroxylation sites is 1. The first-order valence-corrected chi connectivity index (χ1v) is 15.0. The van der Waals surface area contributed by atoms with E-state index in [1.165, 1.54) is 36.3 Å². The molecule has 0 aliphatic carbocycles. The lowest BCUT2D eigenvalue weighted by molar-refractivity contribution is -0.139. The molecular formula is C29H33Cl2N3O5S. The highest BCUT2D eigenvalue weighted by Crippen LogP contribution is 2.27. The lowest BCUT2D eigenvalue weighted by atomic mass is 10.1. The summed E-state index contributed by atoms with van der Waals surface area (Å²) >= 11 is 12.5. The molecule has 3 aromatic carbocycles. The summed E-state index contributed by atoms with van der Waals surface area (Å²) in [6.45, 7) is 3.51. The molecule has 0 fully saturated rings. The SMILES string of the molecule is CCCCNC(=O)[C@@H](C)N(Cc1ccc(Cl)cc1Cl)C(=O)CN(c1ccccc1)S(=O)(=O)c1ccc(OC)cc1. The van der Waals surface area contributed by atoms with Gasteiger partial charge in [0.2, 0.25) is 11.8 Å². The van der Waals surface area contributed by atoms with E-state index in [-0.39, 0.29) is 17.3 Å². The van der Waals surface area contributed by atoms with Crippen LogP contribution in [-0.4, -0.2) is 51.4 Å². The lowest BCUT2D eigenvalue weighted by Gasteiger charge is -2.32. The standard InChI is InChI=1S/C29H33Cl2N3O5S/c1-4-5-17-32-29(36)21(2)33(19-22-11-12-23(30)18-27(22)31)28(35)20-34(24-9-7-6-8-10-24)40(37,38)26-15-13-25(39-3)14-16-26/h6-16,18,21H,4-5,17,19-20H2,1-3H3,(H,32,36)/t21-/m1/s1. The van der Waals surface area contributed by atoms with Gasteiger partial charge in [-0.25, -0.2) is 8.42 Å². The van der Waals surface area contributed by atoms with E-state index in [0.29, 0.717) is 33.6 Å². The Kier molecular flexibility index (Phi) is 11.2. The molecule has 0 aromatic heterocycles. The number of nitrogens with one attached hydrogen (secondary N) is 1. The number of carbonyl (C=O) groups excluding carboxylic acids is 2. The number of sulfonamides is 1. The molecule has 214 valence electrons. The monoisotopic (exact) mass is 605 g/mol. The number of ether oxygens (including phenoxy) is 1. The quantitative estimate of drug-likeness (QED) is 0.258. The van der Waals surface area contributed by atoms with Crippen molar-refractivity contribution in [1.29, 1.82) is 0 Å². The molecule has 0 aliphatic heterocycles. The van der Waals surface area contributed by atoms with Gasteiger partial charge >= 0.3 is 0 Å². The van der Waals surface area contributed by atoms with Crippen molar-refractivity contribution in [3.05, 3.63) is 88.4 Å². The second kappa shape index (κ2) is 14.4. The molecule has 0 bridgehead atoms. The molecule has 40 heavy (non-hydrogen) atoms. The summed E-state index contributed by atoms with van der Waals surface area (Å²) in [5.41, 5.74) is 0.869. The molecule has 0 saturated carbocycles. The number of hydrogen-bond donors (Lipinski definition) is 1. The van der Waals surface area contributed by atoms with E-state index in [2.05, 4.69) is 5.32 Å². The molecule has 0 unspecified atom stereocenters. The Labute approximate surface area is 245 Å². The van der Waals surface area contributed by atoms with Crippen LogP contribution in [0.2, 0.25) is 10.0 Å². The van der Waals surface area contributed by atoms with Crippen LogP contribution in [0.5, 0.6) is 5.75 Å². The fourth-order valence-electron chi connectivity index (χ4n) is 3.95. The Morgan fingerprint density at radius 3 is 2.27 bits per heavy atom. The van der Waals surface area contributed by atoms with Crippen LogP contribution in [0.15, 0.2) is 77.7 Å². The average Bonchev–Trinajstić information content (AvgIpc) is 2.95. The van der Waals surface area contributed by atoms with Gasteiger partial charge in [0.25, 0.3) is 10.0 Å². The largest absolute Gasteiger partial charge is 0.497 e. The summed E-state index contributed by atoms with van der Waals surface area (Å²) in [4.78, 5) is 28.3. The van der Waals surface area contributed by atoms with Gasteiger partial charge in [-0.2, -0.15) is 0 Å². The van der Waals surface area contributed by atoms with Crippen molar-refractivity contribution in [3.8, 4) is 5.75 Å². The molecule has 1 atom stereocenters. The molecule has 3 rings (SSSR count). The first-order chi connectivity index (χ1) is 19.1. The van der Waals surface area contributed by atoms with Gasteiger partial charge in [-0.1, -0.05) is 60.8 Å². The zero-order valence-electron chi connectivity index (χ0n) is 22.6. The number of nitrogens with zero attached hydrogens (tertiary/aromatic N) is 2. The molecule has 1 N–H and O–H groups in total. The van der Waals surface area contributed by atoms with Gasteiger partial charge in [0.1, 0.15) is 18.3 Å². The van der Waals surface area contributed by atoms with Crippen LogP contribution in [-0.2, 0) is 26.2 Å². The smallest absolute Gasteiger partial charge is 0.264 e. The van der Waals surface area contributed by atoms with Crippen LogP contribution in [0, 0.1) is 0 Å². The number of methoxy groups -OCH3 is 1. The number of benzene rings is 3. The predicted molar refractivity (Wildman–Crippen MR) is 158 cm³/mol. The molecule has 0 saturated heterocycles. The van der Waals surface area contributed by atoms with Crippen LogP contribution >= 0.6 is 23.2 Å². The summed E-state index contributed by atoms with van der Waals surface area (Å²) in [6, 6.07) is 18.2. The Hall–Kier alpha value is -3.27. The third-order valence-electron chi connectivity index (χ3n) is 6.32. The van der Waals surface area contributed by atoms with Gasteiger partial charge in [0.05, 0.1) is 17.7 Å². The highest BCUT2D eigenvalue weighted by molar-refractivity contribution is 7.92. The summed E-state index contributed by atoms with van der Waals surface area (Å²) in [5, 5.41) is 3.61. The zero-order chi connectivity index (χ0) is 29.3. The first kappa shape index (κ1) is 31.3. The van der Waals surface area contributed by atoms with Gasteiger partial charge in [0, 0.05) is 23.1 Å². The van der Waals surface area contributed by atoms with Gasteiger partial charge in [-0.3, -0.25) is 13.9 Å². The summed E-state index contributed by atoms with van der Waals surface area (Å²) in [6.07, 6.45) is 1.68. The van der Waals surface area contributed by atoms with E-state index in [1.54, 1.807) is 55.5 Å². The van der Waals surface area contributed by atoms with Crippen molar-refractivity contribution in [2.45, 2.75) is 44.2 Å². The lowest BCUT2D eigenvalue weighted by Crippen LogP contribution is -2.51. The highest BCUT2D eigenvalue weighted by Gasteiger charge is 2.32. The van der Waals surface area contributed by atoms with Crippen molar-refractivity contribution in [2.24, 2.45) is 0 Å². The maximum Gasteiger partial charge on any atom is 0.264 e. The number of halogens is 2. The van der Waals surface area contributed by atoms with Crippen LogP contribution in [0.1, 0.15) is 32.3 Å². The van der Waals surface area contributed by atoms with Crippen LogP contribution in [0.3, 0.4) is 0 Å². The third kappa shape index (κ3) is 7.90.